The second-order valence-corrected chi connectivity index (χ2v) is 10.8. The Bertz CT molecular complexity index is 1730. The van der Waals surface area contributed by atoms with Crippen molar-refractivity contribution in [3.63, 3.8) is 0 Å². The summed E-state index contributed by atoms with van der Waals surface area (Å²) in [6, 6.07) is 26.4. The second-order valence-electron chi connectivity index (χ2n) is 10.8. The number of aryl methyl sites for hydroxylation is 1. The van der Waals surface area contributed by atoms with Crippen LogP contribution in [0.25, 0.3) is 5.57 Å². The third kappa shape index (κ3) is 3.22. The number of nitrogens with one attached hydrogen (secondary N) is 1. The lowest BCUT2D eigenvalue weighted by molar-refractivity contribution is -0.121. The molecule has 3 aromatic carbocycles. The number of carbonyl (C=O) groups excluding carboxylic acids is 3. The molecule has 0 saturated carbocycles. The first-order valence-electron chi connectivity index (χ1n) is 13.5. The fourth-order valence-corrected chi connectivity index (χ4v) is 6.99. The number of fused-ring (bicyclic) bond motifs is 6. The summed E-state index contributed by atoms with van der Waals surface area (Å²) in [5.74, 6) is -1.83. The van der Waals surface area contributed by atoms with Crippen molar-refractivity contribution in [3.8, 4) is 0 Å². The number of Topliss-reactive ketones (excluding diaryl/α,β-unsaturated/α-hetero) is 2. The second kappa shape index (κ2) is 8.85. The Morgan fingerprint density at radius 1 is 0.875 bits per heavy atom. The van der Waals surface area contributed by atoms with E-state index in [0.29, 0.717) is 11.3 Å². The number of hydrogen-bond donors (Lipinski definition) is 1. The lowest BCUT2D eigenvalue weighted by Gasteiger charge is -2.39. The average Bonchev–Trinajstić information content (AvgIpc) is 3.45. The molecular weight excluding hydrogens is 498 g/mol. The largest absolute Gasteiger partial charge is 0.352 e. The zero-order chi connectivity index (χ0) is 27.6. The monoisotopic (exact) mass is 525 g/mol. The van der Waals surface area contributed by atoms with Crippen molar-refractivity contribution >= 4 is 34.4 Å². The molecule has 4 aromatic rings. The number of rotatable bonds is 4. The lowest BCUT2D eigenvalue weighted by Crippen LogP contribution is -2.51. The van der Waals surface area contributed by atoms with Gasteiger partial charge in [-0.3, -0.25) is 19.4 Å². The van der Waals surface area contributed by atoms with Crippen LogP contribution < -0.4 is 10.2 Å². The number of benzene rings is 3. The molecular formula is C34H27N3O3. The van der Waals surface area contributed by atoms with Crippen LogP contribution in [-0.2, 0) is 10.2 Å². The fourth-order valence-electron chi connectivity index (χ4n) is 6.99. The van der Waals surface area contributed by atoms with E-state index in [0.717, 1.165) is 28.0 Å². The van der Waals surface area contributed by atoms with E-state index < -0.39 is 23.4 Å². The number of carbonyl (C=O) groups is 3. The molecule has 1 saturated heterocycles. The van der Waals surface area contributed by atoms with Gasteiger partial charge in [-0.05, 0) is 55.3 Å². The van der Waals surface area contributed by atoms with Gasteiger partial charge < -0.3 is 10.2 Å². The molecule has 0 unspecified atom stereocenters. The van der Waals surface area contributed by atoms with E-state index in [1.54, 1.807) is 36.5 Å². The number of pyridine rings is 1. The highest BCUT2D eigenvalue weighted by molar-refractivity contribution is 6.18. The van der Waals surface area contributed by atoms with Crippen LogP contribution in [0.1, 0.15) is 44.5 Å². The minimum absolute atomic E-state index is 0.201. The van der Waals surface area contributed by atoms with Crippen molar-refractivity contribution in [2.45, 2.75) is 31.3 Å². The predicted octanol–water partition coefficient (Wildman–Crippen LogP) is 5.64. The molecule has 6 nitrogen and oxygen atoms in total. The van der Waals surface area contributed by atoms with E-state index in [1.165, 1.54) is 0 Å². The van der Waals surface area contributed by atoms with E-state index in [9.17, 15) is 14.4 Å². The van der Waals surface area contributed by atoms with Crippen LogP contribution in [0.4, 0.5) is 11.4 Å². The van der Waals surface area contributed by atoms with Crippen molar-refractivity contribution in [3.05, 3.63) is 131 Å². The molecule has 40 heavy (non-hydrogen) atoms. The van der Waals surface area contributed by atoms with E-state index in [2.05, 4.69) is 22.4 Å². The smallest absolute Gasteiger partial charge is 0.238 e. The van der Waals surface area contributed by atoms with Gasteiger partial charge >= 0.3 is 0 Å². The number of anilines is 2. The summed E-state index contributed by atoms with van der Waals surface area (Å²) in [4.78, 5) is 50.1. The third-order valence-corrected chi connectivity index (χ3v) is 8.66. The topological polar surface area (TPSA) is 79.4 Å². The SMILES string of the molecule is CC1=C[C@@H]2N(c3ccc(C)cc31)[C@H](C(=O)c1ccccc1)[C@@H](C(=O)c1ccccn1)[C@@]21C(=O)Nc2ccccc21. The molecule has 4 atom stereocenters. The molecule has 0 bridgehead atoms. The summed E-state index contributed by atoms with van der Waals surface area (Å²) < 4.78 is 0. The van der Waals surface area contributed by atoms with Crippen molar-refractivity contribution in [2.75, 3.05) is 10.2 Å². The van der Waals surface area contributed by atoms with E-state index >= 15 is 0 Å². The summed E-state index contributed by atoms with van der Waals surface area (Å²) in [6.45, 7) is 4.07. The highest BCUT2D eigenvalue weighted by Crippen LogP contribution is 2.58. The zero-order valence-corrected chi connectivity index (χ0v) is 22.2. The van der Waals surface area contributed by atoms with Gasteiger partial charge in [0.2, 0.25) is 5.91 Å². The Labute approximate surface area is 232 Å². The highest BCUT2D eigenvalue weighted by atomic mass is 16.2. The van der Waals surface area contributed by atoms with Gasteiger partial charge in [0, 0.05) is 28.7 Å². The van der Waals surface area contributed by atoms with Crippen molar-refractivity contribution in [2.24, 2.45) is 5.92 Å². The number of nitrogens with zero attached hydrogens (tertiary/aromatic N) is 2. The number of para-hydroxylation sites is 1. The van der Waals surface area contributed by atoms with Crippen LogP contribution in [0, 0.1) is 12.8 Å². The van der Waals surface area contributed by atoms with E-state index in [-0.39, 0.29) is 23.2 Å². The molecule has 1 spiro atoms. The molecule has 196 valence electrons. The Morgan fingerprint density at radius 3 is 2.40 bits per heavy atom. The van der Waals surface area contributed by atoms with Crippen LogP contribution in [0.15, 0.2) is 103 Å². The molecule has 3 aliphatic heterocycles. The third-order valence-electron chi connectivity index (χ3n) is 8.66. The van der Waals surface area contributed by atoms with Gasteiger partial charge in [-0.1, -0.05) is 72.3 Å². The first kappa shape index (κ1) is 24.2. The number of allylic oxidation sites excluding steroid dienone is 1. The minimum Gasteiger partial charge on any atom is -0.352 e. The van der Waals surface area contributed by atoms with Crippen LogP contribution in [0.5, 0.6) is 0 Å². The molecule has 1 N–H and O–H groups in total. The Kier molecular flexibility index (Phi) is 5.36. The molecule has 6 heteroatoms. The summed E-state index contributed by atoms with van der Waals surface area (Å²) in [7, 11) is 0. The quantitative estimate of drug-likeness (QED) is 0.349. The summed E-state index contributed by atoms with van der Waals surface area (Å²) in [5.41, 5.74) is 4.72. The van der Waals surface area contributed by atoms with Gasteiger partial charge in [0.1, 0.15) is 17.2 Å². The fraction of sp³-hybridized carbons (Fsp3) is 0.176. The minimum atomic E-state index is -1.34. The average molecular weight is 526 g/mol. The van der Waals surface area contributed by atoms with E-state index in [4.69, 9.17) is 0 Å². The van der Waals surface area contributed by atoms with Gasteiger partial charge in [-0.2, -0.15) is 0 Å². The van der Waals surface area contributed by atoms with Crippen LogP contribution in [-0.4, -0.2) is 34.5 Å². The molecule has 1 fully saturated rings. The van der Waals surface area contributed by atoms with Gasteiger partial charge in [0.05, 0.1) is 12.0 Å². The molecule has 0 radical (unpaired) electrons. The summed E-state index contributed by atoms with van der Waals surface area (Å²) in [6.07, 6.45) is 3.64. The maximum Gasteiger partial charge on any atom is 0.238 e. The predicted molar refractivity (Wildman–Crippen MR) is 154 cm³/mol. The summed E-state index contributed by atoms with van der Waals surface area (Å²) >= 11 is 0. The van der Waals surface area contributed by atoms with Crippen molar-refractivity contribution in [1.82, 2.24) is 4.98 Å². The van der Waals surface area contributed by atoms with E-state index in [1.807, 2.05) is 73.3 Å². The Morgan fingerprint density at radius 2 is 1.62 bits per heavy atom. The van der Waals surface area contributed by atoms with Gasteiger partial charge in [0.15, 0.2) is 11.6 Å². The van der Waals surface area contributed by atoms with Crippen LogP contribution in [0.3, 0.4) is 0 Å². The van der Waals surface area contributed by atoms with Gasteiger partial charge in [0.25, 0.3) is 0 Å². The van der Waals surface area contributed by atoms with Crippen LogP contribution >= 0.6 is 0 Å². The molecule has 4 heterocycles. The van der Waals surface area contributed by atoms with Gasteiger partial charge in [-0.25, -0.2) is 0 Å². The first-order valence-corrected chi connectivity index (χ1v) is 13.5. The normalized spacial score (nSPS) is 24.1. The molecule has 3 aliphatic rings. The molecule has 7 rings (SSSR count). The summed E-state index contributed by atoms with van der Waals surface area (Å²) in [5, 5.41) is 3.07. The van der Waals surface area contributed by atoms with Crippen molar-refractivity contribution < 1.29 is 14.4 Å². The maximum absolute atomic E-state index is 14.7. The number of amides is 1. The molecule has 1 amide bonds. The molecule has 1 aromatic heterocycles. The first-order chi connectivity index (χ1) is 19.4. The molecule has 0 aliphatic carbocycles. The number of hydrogen-bond acceptors (Lipinski definition) is 5. The lowest BCUT2D eigenvalue weighted by atomic mass is 9.64. The Hall–Kier alpha value is -4.84. The van der Waals surface area contributed by atoms with Crippen molar-refractivity contribution in [1.29, 1.82) is 0 Å². The zero-order valence-electron chi connectivity index (χ0n) is 22.2. The highest BCUT2D eigenvalue weighted by Gasteiger charge is 2.70. The number of ketones is 2. The standard InChI is InChI=1S/C34H27N3O3/c1-20-15-16-27-23(18-20)21(2)19-28-34(24-12-6-7-13-25(24)36-33(34)40)29(32(39)26-14-8-9-17-35-26)30(37(27)28)31(38)22-10-4-3-5-11-22/h3-19,28-30H,1-2H3,(H,36,40)/t28-,29-,30-,34-/m0/s1. The van der Waals surface area contributed by atoms with Crippen LogP contribution in [0.2, 0.25) is 0 Å². The number of aromatic nitrogens is 1. The Balaban J connectivity index is 1.57. The van der Waals surface area contributed by atoms with Gasteiger partial charge in [-0.15, -0.1) is 0 Å². The maximum atomic E-state index is 14.7.